The highest BCUT2D eigenvalue weighted by atomic mass is 16.4. The number of ketones is 1. The van der Waals surface area contributed by atoms with E-state index in [9.17, 15) is 9.59 Å². The van der Waals surface area contributed by atoms with Gasteiger partial charge >= 0.3 is 5.97 Å². The summed E-state index contributed by atoms with van der Waals surface area (Å²) in [6, 6.07) is 24.5. The van der Waals surface area contributed by atoms with Gasteiger partial charge in [0.1, 0.15) is 0 Å². The Hall–Kier alpha value is -3.86. The molecule has 0 radical (unpaired) electrons. The lowest BCUT2D eigenvalue weighted by atomic mass is 9.97. The van der Waals surface area contributed by atoms with Gasteiger partial charge in [0.25, 0.3) is 0 Å². The number of benzene rings is 2. The molecule has 0 saturated carbocycles. The van der Waals surface area contributed by atoms with Crippen molar-refractivity contribution in [3.8, 4) is 0 Å². The predicted octanol–water partition coefficient (Wildman–Crippen LogP) is 7.73. The zero-order chi connectivity index (χ0) is 27.1. The highest BCUT2D eigenvalue weighted by Crippen LogP contribution is 2.27. The van der Waals surface area contributed by atoms with Crippen LogP contribution < -0.4 is 5.32 Å². The molecule has 0 aliphatic carbocycles. The summed E-state index contributed by atoms with van der Waals surface area (Å²) in [5.41, 5.74) is 6.58. The van der Waals surface area contributed by atoms with E-state index in [4.69, 9.17) is 5.11 Å². The van der Waals surface area contributed by atoms with Gasteiger partial charge in [0.05, 0.1) is 11.6 Å². The van der Waals surface area contributed by atoms with Crippen LogP contribution in [0.3, 0.4) is 0 Å². The van der Waals surface area contributed by atoms with Crippen molar-refractivity contribution in [2.45, 2.75) is 65.3 Å². The minimum atomic E-state index is -0.806. The van der Waals surface area contributed by atoms with Crippen LogP contribution in [0.15, 0.2) is 79.0 Å². The van der Waals surface area contributed by atoms with Crippen molar-refractivity contribution in [1.29, 1.82) is 0 Å². The molecule has 2 aromatic heterocycles. The summed E-state index contributed by atoms with van der Waals surface area (Å²) in [6.07, 6.45) is 6.28. The molecule has 198 valence electrons. The van der Waals surface area contributed by atoms with Crippen LogP contribution in [0.2, 0.25) is 0 Å². The summed E-state index contributed by atoms with van der Waals surface area (Å²) in [5, 5.41) is 12.7. The summed E-state index contributed by atoms with van der Waals surface area (Å²) in [6.45, 7) is 6.66. The third kappa shape index (κ3) is 6.71. The number of nitrogens with one attached hydrogen (secondary N) is 1. The van der Waals surface area contributed by atoms with E-state index in [1.165, 1.54) is 11.1 Å². The van der Waals surface area contributed by atoms with Gasteiger partial charge in [-0.05, 0) is 73.1 Å². The third-order valence-corrected chi connectivity index (χ3v) is 6.89. The van der Waals surface area contributed by atoms with Crippen molar-refractivity contribution >= 4 is 23.0 Å². The molecule has 0 saturated heterocycles. The highest BCUT2D eigenvalue weighted by Gasteiger charge is 2.18. The smallest absolute Gasteiger partial charge is 0.303 e. The number of aliphatic carboxylic acids is 1. The average molecular weight is 511 g/mol. The molecule has 4 rings (SSSR count). The Morgan fingerprint density at radius 1 is 0.974 bits per heavy atom. The second-order valence-corrected chi connectivity index (χ2v) is 10.5. The molecule has 2 heterocycles. The van der Waals surface area contributed by atoms with Gasteiger partial charge in [-0.1, -0.05) is 69.7 Å². The summed E-state index contributed by atoms with van der Waals surface area (Å²) < 4.78 is 2.00. The molecule has 0 aliphatic rings. The van der Waals surface area contributed by atoms with Crippen molar-refractivity contribution in [2.24, 2.45) is 5.92 Å². The van der Waals surface area contributed by atoms with Crippen LogP contribution >= 0.6 is 0 Å². The first kappa shape index (κ1) is 27.2. The lowest BCUT2D eigenvalue weighted by Crippen LogP contribution is -2.11. The maximum atomic E-state index is 13.7. The van der Waals surface area contributed by atoms with Gasteiger partial charge in [-0.25, -0.2) is 0 Å². The van der Waals surface area contributed by atoms with Gasteiger partial charge in [0.2, 0.25) is 0 Å². The van der Waals surface area contributed by atoms with Crippen molar-refractivity contribution in [3.63, 3.8) is 0 Å². The predicted molar refractivity (Wildman–Crippen MR) is 154 cm³/mol. The number of nitrogens with zero attached hydrogens (tertiary/aromatic N) is 1. The Bertz CT molecular complexity index is 1390. The second-order valence-electron chi connectivity index (χ2n) is 10.5. The number of carbonyl (C=O) groups is 2. The molecule has 0 aliphatic heterocycles. The summed E-state index contributed by atoms with van der Waals surface area (Å²) in [5.74, 6) is -0.212. The number of fused-ring (bicyclic) bond motifs is 1. The van der Waals surface area contributed by atoms with Crippen LogP contribution in [0.4, 0.5) is 5.69 Å². The molecule has 1 atom stereocenters. The van der Waals surface area contributed by atoms with Crippen molar-refractivity contribution < 1.29 is 14.7 Å². The van der Waals surface area contributed by atoms with Crippen LogP contribution in [0.25, 0.3) is 5.52 Å². The molecule has 0 amide bonds. The van der Waals surface area contributed by atoms with E-state index in [0.717, 1.165) is 36.2 Å². The van der Waals surface area contributed by atoms with Gasteiger partial charge in [0, 0.05) is 35.1 Å². The number of rotatable bonds is 13. The quantitative estimate of drug-likeness (QED) is 0.181. The number of aryl methyl sites for hydroxylation is 1. The van der Waals surface area contributed by atoms with Crippen molar-refractivity contribution in [2.75, 3.05) is 5.32 Å². The van der Waals surface area contributed by atoms with Crippen LogP contribution in [-0.2, 0) is 17.6 Å². The zero-order valence-corrected chi connectivity index (χ0v) is 22.6. The van der Waals surface area contributed by atoms with Crippen LogP contribution in [-0.4, -0.2) is 21.3 Å². The minimum absolute atomic E-state index is 0.0353. The van der Waals surface area contributed by atoms with Gasteiger partial charge in [-0.2, -0.15) is 0 Å². The number of carboxylic acid groups (broad SMARTS) is 1. The normalized spacial score (nSPS) is 12.1. The Morgan fingerprint density at radius 3 is 2.47 bits per heavy atom. The maximum absolute atomic E-state index is 13.7. The lowest BCUT2D eigenvalue weighted by molar-refractivity contribution is -0.137. The Balaban J connectivity index is 1.56. The molecule has 0 spiro atoms. The number of carbonyl (C=O) groups excluding carboxylic acids is 1. The molecule has 38 heavy (non-hydrogen) atoms. The van der Waals surface area contributed by atoms with Gasteiger partial charge in [0.15, 0.2) is 5.78 Å². The molecular weight excluding hydrogens is 472 g/mol. The van der Waals surface area contributed by atoms with E-state index >= 15 is 0 Å². The summed E-state index contributed by atoms with van der Waals surface area (Å²) in [4.78, 5) is 24.7. The van der Waals surface area contributed by atoms with Crippen LogP contribution in [0.5, 0.6) is 0 Å². The SMILES string of the molecule is CCCC(Nc1cccc(C(=O)c2cc(CCCC(=O)O)n3ccccc23)c1)c1ccc(CC(C)C)cc1. The number of carboxylic acids is 1. The summed E-state index contributed by atoms with van der Waals surface area (Å²) >= 11 is 0. The van der Waals surface area contributed by atoms with Crippen LogP contribution in [0, 0.1) is 5.92 Å². The first-order chi connectivity index (χ1) is 18.4. The van der Waals surface area contributed by atoms with Crippen molar-refractivity contribution in [3.05, 3.63) is 107 Å². The number of anilines is 1. The lowest BCUT2D eigenvalue weighted by Gasteiger charge is -2.21. The fraction of sp³-hybridized carbons (Fsp3) is 0.333. The van der Waals surface area contributed by atoms with E-state index in [1.807, 2.05) is 59.1 Å². The Morgan fingerprint density at radius 2 is 1.76 bits per heavy atom. The van der Waals surface area contributed by atoms with E-state index in [1.54, 1.807) is 0 Å². The molecule has 5 heteroatoms. The fourth-order valence-corrected chi connectivity index (χ4v) is 5.09. The fourth-order valence-electron chi connectivity index (χ4n) is 5.09. The first-order valence-electron chi connectivity index (χ1n) is 13.7. The van der Waals surface area contributed by atoms with Gasteiger partial charge in [-0.15, -0.1) is 0 Å². The molecule has 1 unspecified atom stereocenters. The number of hydrogen-bond donors (Lipinski definition) is 2. The molecule has 2 aromatic carbocycles. The van der Waals surface area contributed by atoms with Gasteiger partial charge in [-0.3, -0.25) is 9.59 Å². The summed E-state index contributed by atoms with van der Waals surface area (Å²) in [7, 11) is 0. The second kappa shape index (κ2) is 12.6. The molecule has 0 fully saturated rings. The van der Waals surface area contributed by atoms with E-state index in [0.29, 0.717) is 29.9 Å². The number of aromatic nitrogens is 1. The standard InChI is InChI=1S/C33H38N2O3/c1-4-9-30(25-17-15-24(16-18-25)20-23(2)3)34-27-11-7-10-26(21-27)33(38)29-22-28(12-8-14-32(36)37)35-19-6-5-13-31(29)35/h5-7,10-11,13,15-19,21-23,30,34H,4,8-9,12,14,20H2,1-3H3,(H,36,37). The Labute approximate surface area is 225 Å². The number of pyridine rings is 1. The third-order valence-electron chi connectivity index (χ3n) is 6.89. The topological polar surface area (TPSA) is 70.8 Å². The molecule has 0 bridgehead atoms. The molecule has 2 N–H and O–H groups in total. The van der Waals surface area contributed by atoms with Crippen molar-refractivity contribution in [1.82, 2.24) is 4.40 Å². The first-order valence-corrected chi connectivity index (χ1v) is 13.7. The monoisotopic (exact) mass is 510 g/mol. The van der Waals surface area contributed by atoms with E-state index in [-0.39, 0.29) is 18.2 Å². The Kier molecular flexibility index (Phi) is 9.01. The van der Waals surface area contributed by atoms with E-state index in [2.05, 4.69) is 50.4 Å². The largest absolute Gasteiger partial charge is 0.481 e. The minimum Gasteiger partial charge on any atom is -0.481 e. The molecular formula is C33H38N2O3. The zero-order valence-electron chi connectivity index (χ0n) is 22.6. The maximum Gasteiger partial charge on any atom is 0.303 e. The van der Waals surface area contributed by atoms with Gasteiger partial charge < -0.3 is 14.8 Å². The number of hydrogen-bond acceptors (Lipinski definition) is 3. The van der Waals surface area contributed by atoms with E-state index < -0.39 is 5.97 Å². The molecule has 5 nitrogen and oxygen atoms in total. The van der Waals surface area contributed by atoms with Crippen LogP contribution in [0.1, 0.15) is 85.2 Å². The molecule has 4 aromatic rings. The average Bonchev–Trinajstić information content (AvgIpc) is 3.27. The highest BCUT2D eigenvalue weighted by molar-refractivity contribution is 6.13.